The predicted molar refractivity (Wildman–Crippen MR) is 31.6 cm³/mol. The maximum absolute atomic E-state index is 10.3. The van der Waals surface area contributed by atoms with Crippen molar-refractivity contribution in [3.8, 4) is 0 Å². The summed E-state index contributed by atoms with van der Waals surface area (Å²) in [6.07, 6.45) is 1.48. The summed E-state index contributed by atoms with van der Waals surface area (Å²) in [6, 6.07) is 0. The van der Waals surface area contributed by atoms with Crippen LogP contribution in [-0.2, 0) is 9.53 Å². The first kappa shape index (κ1) is 7.50. The zero-order valence-electron chi connectivity index (χ0n) is 4.77. The Kier molecular flexibility index (Phi) is 3.28. The monoisotopic (exact) mass is 134 g/mol. The van der Waals surface area contributed by atoms with Gasteiger partial charge in [-0.3, -0.25) is 0 Å². The number of carbonyl (C=O) groups excluding carboxylic acids is 1. The molecular weight excluding hydrogens is 128 g/mol. The van der Waals surface area contributed by atoms with Crippen LogP contribution in [0.3, 0.4) is 0 Å². The minimum Gasteiger partial charge on any atom is -0.465 e. The van der Waals surface area contributed by atoms with E-state index in [1.165, 1.54) is 13.2 Å². The van der Waals surface area contributed by atoms with E-state index in [2.05, 4.69) is 4.74 Å². The molecule has 8 heavy (non-hydrogen) atoms. The first-order chi connectivity index (χ1) is 3.72. The lowest BCUT2D eigenvalue weighted by molar-refractivity contribution is -0.135. The van der Waals surface area contributed by atoms with Crippen molar-refractivity contribution in [3.63, 3.8) is 0 Å². The van der Waals surface area contributed by atoms with Gasteiger partial charge in [0, 0.05) is 0 Å². The molecule has 0 saturated carbocycles. The van der Waals surface area contributed by atoms with Crippen LogP contribution in [0.4, 0.5) is 0 Å². The fraction of sp³-hybridized carbons (Fsp3) is 0.400. The van der Waals surface area contributed by atoms with Crippen LogP contribution in [0.2, 0.25) is 0 Å². The standard InChI is InChI=1S/C5H7ClO2/c1-3-4(6)5(7)8-2/h3H,1-2H3. The quantitative estimate of drug-likeness (QED) is 0.399. The molecule has 0 rings (SSSR count). The summed E-state index contributed by atoms with van der Waals surface area (Å²) in [6.45, 7) is 1.67. The van der Waals surface area contributed by atoms with Gasteiger partial charge in [0.2, 0.25) is 0 Å². The van der Waals surface area contributed by atoms with Crippen molar-refractivity contribution in [1.29, 1.82) is 0 Å². The molecule has 0 bridgehead atoms. The van der Waals surface area contributed by atoms with Gasteiger partial charge in [-0.15, -0.1) is 0 Å². The third-order valence-corrected chi connectivity index (χ3v) is 1.01. The fourth-order valence-electron chi connectivity index (χ4n) is 0.215. The van der Waals surface area contributed by atoms with Gasteiger partial charge in [-0.25, -0.2) is 4.79 Å². The van der Waals surface area contributed by atoms with Gasteiger partial charge in [0.1, 0.15) is 5.03 Å². The van der Waals surface area contributed by atoms with Crippen LogP contribution < -0.4 is 0 Å². The van der Waals surface area contributed by atoms with Gasteiger partial charge in [0.25, 0.3) is 0 Å². The number of allylic oxidation sites excluding steroid dienone is 1. The second-order valence-electron chi connectivity index (χ2n) is 1.13. The van der Waals surface area contributed by atoms with Crippen LogP contribution in [0.1, 0.15) is 6.92 Å². The minimum absolute atomic E-state index is 0.118. The van der Waals surface area contributed by atoms with Crippen LogP contribution in [-0.4, -0.2) is 13.1 Å². The van der Waals surface area contributed by atoms with E-state index in [1.54, 1.807) is 6.92 Å². The van der Waals surface area contributed by atoms with Gasteiger partial charge in [-0.2, -0.15) is 0 Å². The van der Waals surface area contributed by atoms with Crippen LogP contribution in [0.15, 0.2) is 11.1 Å². The molecule has 0 spiro atoms. The molecule has 0 aromatic rings. The number of hydrogen-bond acceptors (Lipinski definition) is 2. The summed E-state index contributed by atoms with van der Waals surface area (Å²) in [5.74, 6) is -0.492. The fourth-order valence-corrected chi connectivity index (χ4v) is 0.293. The van der Waals surface area contributed by atoms with Crippen molar-refractivity contribution in [3.05, 3.63) is 11.1 Å². The van der Waals surface area contributed by atoms with E-state index >= 15 is 0 Å². The SMILES string of the molecule is CC=C(Cl)C(=O)OC. The first-order valence-electron chi connectivity index (χ1n) is 2.12. The molecule has 0 aromatic carbocycles. The molecule has 0 aliphatic carbocycles. The third-order valence-electron chi connectivity index (χ3n) is 0.634. The molecule has 0 amide bonds. The number of hydrogen-bond donors (Lipinski definition) is 0. The predicted octanol–water partition coefficient (Wildman–Crippen LogP) is 1.30. The zero-order chi connectivity index (χ0) is 6.57. The lowest BCUT2D eigenvalue weighted by Crippen LogP contribution is -1.98. The average molecular weight is 135 g/mol. The van der Waals surface area contributed by atoms with Gasteiger partial charge in [0.05, 0.1) is 7.11 Å². The number of rotatable bonds is 1. The highest BCUT2D eigenvalue weighted by Gasteiger charge is 2.01. The van der Waals surface area contributed by atoms with Crippen molar-refractivity contribution >= 4 is 17.6 Å². The topological polar surface area (TPSA) is 26.3 Å². The second kappa shape index (κ2) is 3.50. The van der Waals surface area contributed by atoms with Crippen LogP contribution in [0.25, 0.3) is 0 Å². The van der Waals surface area contributed by atoms with Gasteiger partial charge < -0.3 is 4.74 Å². The summed E-state index contributed by atoms with van der Waals surface area (Å²) in [7, 11) is 1.29. The highest BCUT2D eigenvalue weighted by atomic mass is 35.5. The van der Waals surface area contributed by atoms with E-state index in [9.17, 15) is 4.79 Å². The first-order valence-corrected chi connectivity index (χ1v) is 2.50. The zero-order valence-corrected chi connectivity index (χ0v) is 5.53. The van der Waals surface area contributed by atoms with Crippen molar-refractivity contribution in [2.75, 3.05) is 7.11 Å². The summed E-state index contributed by atoms with van der Waals surface area (Å²) < 4.78 is 4.26. The molecule has 0 radical (unpaired) electrons. The Bertz CT molecular complexity index is 118. The van der Waals surface area contributed by atoms with Crippen molar-refractivity contribution in [2.24, 2.45) is 0 Å². The Hall–Kier alpha value is -0.500. The largest absolute Gasteiger partial charge is 0.465 e. The number of esters is 1. The van der Waals surface area contributed by atoms with Gasteiger partial charge >= 0.3 is 5.97 Å². The van der Waals surface area contributed by atoms with E-state index in [0.29, 0.717) is 0 Å². The number of ether oxygens (including phenoxy) is 1. The maximum Gasteiger partial charge on any atom is 0.349 e. The highest BCUT2D eigenvalue weighted by Crippen LogP contribution is 2.00. The van der Waals surface area contributed by atoms with Crippen LogP contribution in [0.5, 0.6) is 0 Å². The number of halogens is 1. The van der Waals surface area contributed by atoms with E-state index < -0.39 is 5.97 Å². The van der Waals surface area contributed by atoms with E-state index in [4.69, 9.17) is 11.6 Å². The Balaban J connectivity index is 3.83. The minimum atomic E-state index is -0.492. The second-order valence-corrected chi connectivity index (χ2v) is 1.54. The highest BCUT2D eigenvalue weighted by molar-refractivity contribution is 6.41. The molecule has 0 aromatic heterocycles. The van der Waals surface area contributed by atoms with E-state index in [-0.39, 0.29) is 5.03 Å². The number of methoxy groups -OCH3 is 1. The van der Waals surface area contributed by atoms with E-state index in [1.807, 2.05) is 0 Å². The molecule has 0 saturated heterocycles. The molecule has 3 heteroatoms. The van der Waals surface area contributed by atoms with E-state index in [0.717, 1.165) is 0 Å². The normalized spacial score (nSPS) is 11.1. The summed E-state index contributed by atoms with van der Waals surface area (Å²) >= 11 is 5.30. The lowest BCUT2D eigenvalue weighted by Gasteiger charge is -1.91. The molecule has 0 heterocycles. The lowest BCUT2D eigenvalue weighted by atomic mass is 10.5. The molecular formula is C5H7ClO2. The van der Waals surface area contributed by atoms with Gasteiger partial charge in [0.15, 0.2) is 0 Å². The van der Waals surface area contributed by atoms with Crippen molar-refractivity contribution in [2.45, 2.75) is 6.92 Å². The molecule has 0 atom stereocenters. The molecule has 0 aliphatic heterocycles. The Morgan fingerprint density at radius 2 is 2.25 bits per heavy atom. The Morgan fingerprint density at radius 3 is 2.38 bits per heavy atom. The van der Waals surface area contributed by atoms with Crippen molar-refractivity contribution < 1.29 is 9.53 Å². The molecule has 0 fully saturated rings. The summed E-state index contributed by atoms with van der Waals surface area (Å²) in [4.78, 5) is 10.3. The Labute approximate surface area is 53.1 Å². The third kappa shape index (κ3) is 1.98. The van der Waals surface area contributed by atoms with Crippen LogP contribution in [0, 0.1) is 0 Å². The van der Waals surface area contributed by atoms with Gasteiger partial charge in [-0.05, 0) is 6.92 Å². The van der Waals surface area contributed by atoms with Crippen LogP contribution >= 0.6 is 11.6 Å². The summed E-state index contributed by atoms with van der Waals surface area (Å²) in [5, 5.41) is 0.118. The number of carbonyl (C=O) groups is 1. The smallest absolute Gasteiger partial charge is 0.349 e. The Morgan fingerprint density at radius 1 is 1.75 bits per heavy atom. The molecule has 0 N–H and O–H groups in total. The summed E-state index contributed by atoms with van der Waals surface area (Å²) in [5.41, 5.74) is 0. The van der Waals surface area contributed by atoms with Gasteiger partial charge in [-0.1, -0.05) is 17.7 Å². The molecule has 46 valence electrons. The van der Waals surface area contributed by atoms with Crippen molar-refractivity contribution in [1.82, 2.24) is 0 Å². The average Bonchev–Trinajstić information content (AvgIpc) is 1.84. The molecule has 2 nitrogen and oxygen atoms in total. The molecule has 0 unspecified atom stereocenters. The molecule has 0 aliphatic rings. The maximum atomic E-state index is 10.3.